The zero-order chi connectivity index (χ0) is 14.5. The van der Waals surface area contributed by atoms with Crippen molar-refractivity contribution in [2.45, 2.75) is 12.8 Å². The Kier molecular flexibility index (Phi) is 4.92. The van der Waals surface area contributed by atoms with Gasteiger partial charge in [-0.15, -0.1) is 11.3 Å². The molecule has 104 valence electrons. The number of halogens is 1. The molecule has 0 aliphatic rings. The van der Waals surface area contributed by atoms with Crippen LogP contribution in [0.25, 0.3) is 0 Å². The Morgan fingerprint density at radius 2 is 2.05 bits per heavy atom. The maximum atomic E-state index is 11.8. The maximum absolute atomic E-state index is 11.8. The molecule has 20 heavy (non-hydrogen) atoms. The van der Waals surface area contributed by atoms with E-state index in [0.717, 1.165) is 21.4 Å². The van der Waals surface area contributed by atoms with Gasteiger partial charge >= 0.3 is 5.97 Å². The van der Waals surface area contributed by atoms with Gasteiger partial charge in [0, 0.05) is 10.9 Å². The molecule has 0 unspecified atom stereocenters. The molecule has 6 heteroatoms. The van der Waals surface area contributed by atoms with Gasteiger partial charge in [0.15, 0.2) is 0 Å². The van der Waals surface area contributed by atoms with Gasteiger partial charge in [-0.1, -0.05) is 28.1 Å². The number of benzene rings is 1. The Hall–Kier alpha value is -1.66. The number of hydrogen-bond donors (Lipinski definition) is 2. The van der Waals surface area contributed by atoms with Crippen molar-refractivity contribution in [3.8, 4) is 0 Å². The highest BCUT2D eigenvalue weighted by atomic mass is 79.9. The number of carboxylic acids is 1. The molecule has 1 heterocycles. The van der Waals surface area contributed by atoms with Crippen molar-refractivity contribution in [1.29, 1.82) is 0 Å². The van der Waals surface area contributed by atoms with Crippen molar-refractivity contribution in [1.82, 2.24) is 0 Å². The van der Waals surface area contributed by atoms with Gasteiger partial charge in [0.25, 0.3) is 0 Å². The van der Waals surface area contributed by atoms with Gasteiger partial charge in [-0.3, -0.25) is 4.79 Å². The molecule has 0 spiro atoms. The number of rotatable bonds is 5. The summed E-state index contributed by atoms with van der Waals surface area (Å²) in [5.74, 6) is -1.10. The summed E-state index contributed by atoms with van der Waals surface area (Å²) in [6.07, 6.45) is 0.999. The van der Waals surface area contributed by atoms with Crippen LogP contribution in [0.2, 0.25) is 0 Å². The van der Waals surface area contributed by atoms with Crippen LogP contribution >= 0.6 is 27.3 Å². The molecule has 2 rings (SSSR count). The van der Waals surface area contributed by atoms with E-state index < -0.39 is 5.97 Å². The molecule has 0 aliphatic carbocycles. The first kappa shape index (κ1) is 14.7. The molecule has 1 aromatic heterocycles. The van der Waals surface area contributed by atoms with Crippen molar-refractivity contribution in [2.75, 3.05) is 5.32 Å². The molecular weight excluding hydrogens is 342 g/mol. The van der Waals surface area contributed by atoms with E-state index in [1.807, 2.05) is 24.3 Å². The van der Waals surface area contributed by atoms with E-state index in [1.54, 1.807) is 6.07 Å². The molecule has 2 N–H and O–H groups in total. The van der Waals surface area contributed by atoms with Crippen LogP contribution in [0.15, 0.2) is 40.9 Å². The molecular formula is C14H12BrNO3S. The van der Waals surface area contributed by atoms with Crippen molar-refractivity contribution >= 4 is 44.1 Å². The predicted octanol–water partition coefficient (Wildman–Crippen LogP) is 3.78. The van der Waals surface area contributed by atoms with E-state index in [1.165, 1.54) is 6.07 Å². The average Bonchev–Trinajstić information content (AvgIpc) is 2.85. The van der Waals surface area contributed by atoms with E-state index in [0.29, 0.717) is 17.8 Å². The number of aromatic carboxylic acids is 1. The highest BCUT2D eigenvalue weighted by Gasteiger charge is 2.09. The summed E-state index contributed by atoms with van der Waals surface area (Å²) in [4.78, 5) is 22.7. The first-order valence-electron chi connectivity index (χ1n) is 5.92. The zero-order valence-electron chi connectivity index (χ0n) is 10.4. The number of aryl methyl sites for hydroxylation is 1. The number of carbonyl (C=O) groups is 2. The normalized spacial score (nSPS) is 10.2. The lowest BCUT2D eigenvalue weighted by Crippen LogP contribution is -2.11. The third-order valence-corrected chi connectivity index (χ3v) is 4.09. The summed E-state index contributed by atoms with van der Waals surface area (Å²) in [5.41, 5.74) is 1.08. The summed E-state index contributed by atoms with van der Waals surface area (Å²) >= 11 is 4.44. The fourth-order valence-electron chi connectivity index (χ4n) is 1.67. The Bertz CT molecular complexity index is 639. The van der Waals surface area contributed by atoms with Gasteiger partial charge in [0.1, 0.15) is 4.88 Å². The van der Waals surface area contributed by atoms with Gasteiger partial charge < -0.3 is 10.4 Å². The average molecular weight is 354 g/mol. The van der Waals surface area contributed by atoms with Crippen molar-refractivity contribution in [3.63, 3.8) is 0 Å². The van der Waals surface area contributed by atoms with E-state index >= 15 is 0 Å². The number of amides is 1. The summed E-state index contributed by atoms with van der Waals surface area (Å²) in [6, 6.07) is 10.9. The van der Waals surface area contributed by atoms with Crippen molar-refractivity contribution in [3.05, 3.63) is 51.3 Å². The smallest absolute Gasteiger partial charge is 0.345 e. The second-order valence-corrected chi connectivity index (χ2v) is 6.15. The van der Waals surface area contributed by atoms with Crippen molar-refractivity contribution in [2.24, 2.45) is 0 Å². The van der Waals surface area contributed by atoms with Crippen LogP contribution in [-0.4, -0.2) is 17.0 Å². The fraction of sp³-hybridized carbons (Fsp3) is 0.143. The molecule has 1 amide bonds. The monoisotopic (exact) mass is 353 g/mol. The summed E-state index contributed by atoms with van der Waals surface area (Å²) < 4.78 is 0.986. The van der Waals surface area contributed by atoms with E-state index in [9.17, 15) is 9.59 Å². The minimum Gasteiger partial charge on any atom is -0.477 e. The Morgan fingerprint density at radius 1 is 1.25 bits per heavy atom. The lowest BCUT2D eigenvalue weighted by molar-refractivity contribution is -0.116. The summed E-state index contributed by atoms with van der Waals surface area (Å²) in [7, 11) is 0. The molecule has 4 nitrogen and oxygen atoms in total. The Labute approximate surface area is 128 Å². The van der Waals surface area contributed by atoms with E-state index in [-0.39, 0.29) is 10.8 Å². The number of anilines is 1. The minimum absolute atomic E-state index is 0.122. The Morgan fingerprint density at radius 3 is 2.70 bits per heavy atom. The quantitative estimate of drug-likeness (QED) is 0.859. The topological polar surface area (TPSA) is 66.4 Å². The molecule has 0 aliphatic heterocycles. The zero-order valence-corrected chi connectivity index (χ0v) is 12.8. The highest BCUT2D eigenvalue weighted by molar-refractivity contribution is 9.10. The van der Waals surface area contributed by atoms with E-state index in [2.05, 4.69) is 21.2 Å². The minimum atomic E-state index is -0.982. The second-order valence-electron chi connectivity index (χ2n) is 4.15. The van der Waals surface area contributed by atoms with Gasteiger partial charge in [0.05, 0.1) is 5.00 Å². The van der Waals surface area contributed by atoms with Crippen LogP contribution in [0.5, 0.6) is 0 Å². The molecule has 0 saturated heterocycles. The molecule has 2 aromatic rings. The van der Waals surface area contributed by atoms with Gasteiger partial charge in [-0.25, -0.2) is 4.79 Å². The lowest BCUT2D eigenvalue weighted by Gasteiger charge is -2.03. The number of carbonyl (C=O) groups excluding carboxylic acids is 1. The standard InChI is InChI=1S/C14H12BrNO3S/c15-10-3-1-2-9(8-10)4-6-12(17)16-13-7-5-11(20-13)14(18)19/h1-3,5,7-8H,4,6H2,(H,16,17)(H,18,19). The fourth-order valence-corrected chi connectivity index (χ4v) is 2.88. The molecule has 0 radical (unpaired) electrons. The lowest BCUT2D eigenvalue weighted by atomic mass is 10.1. The third kappa shape index (κ3) is 4.18. The van der Waals surface area contributed by atoms with Crippen LogP contribution in [-0.2, 0) is 11.2 Å². The van der Waals surface area contributed by atoms with Crippen LogP contribution < -0.4 is 5.32 Å². The highest BCUT2D eigenvalue weighted by Crippen LogP contribution is 2.22. The Balaban J connectivity index is 1.87. The first-order chi connectivity index (χ1) is 9.54. The van der Waals surface area contributed by atoms with Crippen LogP contribution in [0, 0.1) is 0 Å². The molecule has 0 bridgehead atoms. The van der Waals surface area contributed by atoms with E-state index in [4.69, 9.17) is 5.11 Å². The van der Waals surface area contributed by atoms with Crippen LogP contribution in [0.1, 0.15) is 21.7 Å². The molecule has 0 saturated carbocycles. The number of thiophene rings is 1. The molecule has 0 atom stereocenters. The number of carboxylic acid groups (broad SMARTS) is 1. The predicted molar refractivity (Wildman–Crippen MR) is 82.4 cm³/mol. The SMILES string of the molecule is O=C(CCc1cccc(Br)c1)Nc1ccc(C(=O)O)s1. The first-order valence-corrected chi connectivity index (χ1v) is 7.53. The van der Waals surface area contributed by atoms with Gasteiger partial charge in [0.2, 0.25) is 5.91 Å². The van der Waals surface area contributed by atoms with Crippen LogP contribution in [0.3, 0.4) is 0 Å². The van der Waals surface area contributed by atoms with Gasteiger partial charge in [-0.05, 0) is 36.2 Å². The van der Waals surface area contributed by atoms with Gasteiger partial charge in [-0.2, -0.15) is 0 Å². The number of hydrogen-bond acceptors (Lipinski definition) is 3. The summed E-state index contributed by atoms with van der Waals surface area (Å²) in [6.45, 7) is 0. The largest absolute Gasteiger partial charge is 0.477 e. The third-order valence-electron chi connectivity index (χ3n) is 2.61. The molecule has 1 aromatic carbocycles. The maximum Gasteiger partial charge on any atom is 0.345 e. The number of nitrogens with one attached hydrogen (secondary N) is 1. The van der Waals surface area contributed by atoms with Crippen LogP contribution in [0.4, 0.5) is 5.00 Å². The second kappa shape index (κ2) is 6.67. The molecule has 0 fully saturated rings. The van der Waals surface area contributed by atoms with Crippen molar-refractivity contribution < 1.29 is 14.7 Å². The summed E-state index contributed by atoms with van der Waals surface area (Å²) in [5, 5.41) is 12.1.